The monoisotopic (exact) mass is 232 g/mol. The van der Waals surface area contributed by atoms with E-state index in [9.17, 15) is 0 Å². The fraction of sp³-hybridized carbons (Fsp3) is 0.385. The van der Waals surface area contributed by atoms with Crippen LogP contribution in [0.2, 0.25) is 5.15 Å². The number of nitrogens with zero attached hydrogens (tertiary/aromatic N) is 2. The van der Waals surface area contributed by atoms with Gasteiger partial charge in [-0.3, -0.25) is 0 Å². The lowest BCUT2D eigenvalue weighted by molar-refractivity contribution is 0.947. The standard InChI is InChI=1S/C13H13ClN2/c1-7-5-10-11(6-8(7)2)15-13(9-3-4-9)16-12(10)14/h5-6,9H,3-4H2,1-2H3. The summed E-state index contributed by atoms with van der Waals surface area (Å²) in [5, 5.41) is 1.56. The molecule has 0 bridgehead atoms. The molecule has 1 aromatic heterocycles. The van der Waals surface area contributed by atoms with Crippen LogP contribution < -0.4 is 0 Å². The minimum absolute atomic E-state index is 0.545. The molecule has 0 unspecified atom stereocenters. The van der Waals surface area contributed by atoms with E-state index in [2.05, 4.69) is 35.9 Å². The molecule has 1 aliphatic rings. The van der Waals surface area contributed by atoms with E-state index < -0.39 is 0 Å². The first kappa shape index (κ1) is 10.0. The van der Waals surface area contributed by atoms with Crippen LogP contribution >= 0.6 is 11.6 Å². The van der Waals surface area contributed by atoms with Crippen molar-refractivity contribution in [3.05, 3.63) is 34.2 Å². The molecule has 0 amide bonds. The minimum Gasteiger partial charge on any atom is -0.232 e. The van der Waals surface area contributed by atoms with E-state index in [0.29, 0.717) is 11.1 Å². The molecule has 82 valence electrons. The van der Waals surface area contributed by atoms with Crippen molar-refractivity contribution in [1.29, 1.82) is 0 Å². The molecule has 3 heteroatoms. The van der Waals surface area contributed by atoms with Gasteiger partial charge < -0.3 is 0 Å². The highest BCUT2D eigenvalue weighted by molar-refractivity contribution is 6.34. The number of hydrogen-bond donors (Lipinski definition) is 0. The lowest BCUT2D eigenvalue weighted by Gasteiger charge is -2.06. The summed E-state index contributed by atoms with van der Waals surface area (Å²) in [6.45, 7) is 4.18. The van der Waals surface area contributed by atoms with Crippen molar-refractivity contribution in [3.63, 3.8) is 0 Å². The number of rotatable bonds is 1. The maximum absolute atomic E-state index is 6.21. The molecule has 0 saturated heterocycles. The quantitative estimate of drug-likeness (QED) is 0.700. The molecule has 3 rings (SSSR count). The van der Waals surface area contributed by atoms with Crippen LogP contribution in [0.4, 0.5) is 0 Å². The fourth-order valence-corrected chi connectivity index (χ4v) is 2.13. The molecule has 1 aromatic carbocycles. The Bertz CT molecular complexity index is 574. The summed E-state index contributed by atoms with van der Waals surface area (Å²) in [7, 11) is 0. The highest BCUT2D eigenvalue weighted by Gasteiger charge is 2.27. The van der Waals surface area contributed by atoms with Gasteiger partial charge in [0.25, 0.3) is 0 Å². The van der Waals surface area contributed by atoms with Crippen molar-refractivity contribution in [2.75, 3.05) is 0 Å². The van der Waals surface area contributed by atoms with Gasteiger partial charge in [0.15, 0.2) is 0 Å². The van der Waals surface area contributed by atoms with Crippen molar-refractivity contribution < 1.29 is 0 Å². The van der Waals surface area contributed by atoms with Crippen molar-refractivity contribution in [1.82, 2.24) is 9.97 Å². The van der Waals surface area contributed by atoms with Crippen LogP contribution in [0.1, 0.15) is 35.7 Å². The summed E-state index contributed by atoms with van der Waals surface area (Å²) in [6, 6.07) is 4.17. The summed E-state index contributed by atoms with van der Waals surface area (Å²) in [4.78, 5) is 8.99. The molecule has 2 nitrogen and oxygen atoms in total. The third-order valence-electron chi connectivity index (χ3n) is 3.22. The lowest BCUT2D eigenvalue weighted by Crippen LogP contribution is -1.95. The predicted octanol–water partition coefficient (Wildman–Crippen LogP) is 3.78. The van der Waals surface area contributed by atoms with Gasteiger partial charge in [0, 0.05) is 11.3 Å². The number of aromatic nitrogens is 2. The summed E-state index contributed by atoms with van der Waals surface area (Å²) >= 11 is 6.21. The highest BCUT2D eigenvalue weighted by atomic mass is 35.5. The van der Waals surface area contributed by atoms with Crippen molar-refractivity contribution in [2.45, 2.75) is 32.6 Å². The normalized spacial score (nSPS) is 15.7. The van der Waals surface area contributed by atoms with E-state index >= 15 is 0 Å². The molecule has 1 heterocycles. The topological polar surface area (TPSA) is 25.8 Å². The Morgan fingerprint density at radius 1 is 1.12 bits per heavy atom. The van der Waals surface area contributed by atoms with Gasteiger partial charge in [-0.2, -0.15) is 0 Å². The third kappa shape index (κ3) is 1.57. The molecular weight excluding hydrogens is 220 g/mol. The third-order valence-corrected chi connectivity index (χ3v) is 3.51. The Hall–Kier alpha value is -1.15. The Morgan fingerprint density at radius 2 is 1.81 bits per heavy atom. The van der Waals surface area contributed by atoms with E-state index in [0.717, 1.165) is 16.7 Å². The molecule has 16 heavy (non-hydrogen) atoms. The van der Waals surface area contributed by atoms with Gasteiger partial charge in [0.2, 0.25) is 0 Å². The molecule has 0 radical (unpaired) electrons. The van der Waals surface area contributed by atoms with Crippen molar-refractivity contribution >= 4 is 22.5 Å². The minimum atomic E-state index is 0.545. The first-order valence-corrected chi connectivity index (χ1v) is 5.97. The largest absolute Gasteiger partial charge is 0.232 e. The highest BCUT2D eigenvalue weighted by Crippen LogP contribution is 2.39. The average molecular weight is 233 g/mol. The first-order valence-electron chi connectivity index (χ1n) is 5.59. The molecule has 1 aliphatic carbocycles. The number of halogens is 1. The summed E-state index contributed by atoms with van der Waals surface area (Å²) < 4.78 is 0. The van der Waals surface area contributed by atoms with Crippen LogP contribution in [-0.4, -0.2) is 9.97 Å². The Labute approximate surface area is 99.7 Å². The SMILES string of the molecule is Cc1cc2nc(C3CC3)nc(Cl)c2cc1C. The zero-order valence-corrected chi connectivity index (χ0v) is 10.2. The molecule has 2 aromatic rings. The van der Waals surface area contributed by atoms with E-state index in [4.69, 9.17) is 11.6 Å². The zero-order chi connectivity index (χ0) is 11.3. The summed E-state index contributed by atoms with van der Waals surface area (Å²) in [5.74, 6) is 1.46. The van der Waals surface area contributed by atoms with E-state index in [1.807, 2.05) is 0 Å². The van der Waals surface area contributed by atoms with Crippen molar-refractivity contribution in [2.24, 2.45) is 0 Å². The number of hydrogen-bond acceptors (Lipinski definition) is 2. The van der Waals surface area contributed by atoms with Crippen LogP contribution in [0.5, 0.6) is 0 Å². The molecule has 0 atom stereocenters. The van der Waals surface area contributed by atoms with Crippen LogP contribution in [-0.2, 0) is 0 Å². The van der Waals surface area contributed by atoms with Gasteiger partial charge in [0.1, 0.15) is 11.0 Å². The molecule has 0 N–H and O–H groups in total. The van der Waals surface area contributed by atoms with Crippen LogP contribution in [0.25, 0.3) is 10.9 Å². The predicted molar refractivity (Wildman–Crippen MR) is 66.0 cm³/mol. The maximum atomic E-state index is 6.21. The van der Waals surface area contributed by atoms with Gasteiger partial charge >= 0.3 is 0 Å². The van der Waals surface area contributed by atoms with E-state index in [1.165, 1.54) is 24.0 Å². The molecule has 1 fully saturated rings. The van der Waals surface area contributed by atoms with Crippen LogP contribution in [0.15, 0.2) is 12.1 Å². The van der Waals surface area contributed by atoms with Gasteiger partial charge in [-0.05, 0) is 49.9 Å². The second-order valence-electron chi connectivity index (χ2n) is 4.60. The van der Waals surface area contributed by atoms with Crippen molar-refractivity contribution in [3.8, 4) is 0 Å². The van der Waals surface area contributed by atoms with Gasteiger partial charge in [-0.15, -0.1) is 0 Å². The first-order chi connectivity index (χ1) is 7.65. The average Bonchev–Trinajstić information content (AvgIpc) is 3.04. The number of aryl methyl sites for hydroxylation is 2. The molecule has 0 spiro atoms. The Morgan fingerprint density at radius 3 is 2.50 bits per heavy atom. The Balaban J connectivity index is 2.28. The van der Waals surface area contributed by atoms with E-state index in [-0.39, 0.29) is 0 Å². The van der Waals surface area contributed by atoms with E-state index in [1.54, 1.807) is 0 Å². The fourth-order valence-electron chi connectivity index (χ4n) is 1.89. The molecule has 1 saturated carbocycles. The Kier molecular flexibility index (Phi) is 2.15. The molecular formula is C13H13ClN2. The van der Waals surface area contributed by atoms with Gasteiger partial charge in [0.05, 0.1) is 5.52 Å². The van der Waals surface area contributed by atoms with Crippen LogP contribution in [0.3, 0.4) is 0 Å². The zero-order valence-electron chi connectivity index (χ0n) is 9.42. The number of fused-ring (bicyclic) bond motifs is 1. The lowest BCUT2D eigenvalue weighted by atomic mass is 10.1. The maximum Gasteiger partial charge on any atom is 0.140 e. The van der Waals surface area contributed by atoms with Gasteiger partial charge in [-0.1, -0.05) is 11.6 Å². The van der Waals surface area contributed by atoms with Gasteiger partial charge in [-0.25, -0.2) is 9.97 Å². The summed E-state index contributed by atoms with van der Waals surface area (Å²) in [5.41, 5.74) is 3.46. The second kappa shape index (κ2) is 3.42. The second-order valence-corrected chi connectivity index (χ2v) is 4.96. The number of benzene rings is 1. The van der Waals surface area contributed by atoms with Crippen LogP contribution in [0, 0.1) is 13.8 Å². The summed E-state index contributed by atoms with van der Waals surface area (Å²) in [6.07, 6.45) is 2.40. The molecule has 0 aliphatic heterocycles. The smallest absolute Gasteiger partial charge is 0.140 e.